The van der Waals surface area contributed by atoms with Crippen LogP contribution in [-0.2, 0) is 12.8 Å². The van der Waals surface area contributed by atoms with Crippen molar-refractivity contribution >= 4 is 5.97 Å². The molecule has 1 aromatic rings. The minimum Gasteiger partial charge on any atom is -0.478 e. The molecule has 15 heavy (non-hydrogen) atoms. The quantitative estimate of drug-likeness (QED) is 0.770. The van der Waals surface area contributed by atoms with Crippen molar-refractivity contribution in [2.75, 3.05) is 0 Å². The summed E-state index contributed by atoms with van der Waals surface area (Å²) in [6, 6.07) is 4.94. The van der Waals surface area contributed by atoms with Crippen LogP contribution in [0.5, 0.6) is 0 Å². The molecule has 0 fully saturated rings. The van der Waals surface area contributed by atoms with Gasteiger partial charge < -0.3 is 5.11 Å². The zero-order valence-electron chi connectivity index (χ0n) is 8.59. The van der Waals surface area contributed by atoms with Crippen molar-refractivity contribution < 1.29 is 14.3 Å². The minimum absolute atomic E-state index is 0.288. The lowest BCUT2D eigenvalue weighted by Gasteiger charge is -2.27. The van der Waals surface area contributed by atoms with E-state index >= 15 is 0 Å². The second-order valence-electron chi connectivity index (χ2n) is 4.38. The molecule has 1 N–H and O–H groups in total. The van der Waals surface area contributed by atoms with Gasteiger partial charge in [0.15, 0.2) is 0 Å². The summed E-state index contributed by atoms with van der Waals surface area (Å²) in [7, 11) is 0. The van der Waals surface area contributed by atoms with Crippen LogP contribution in [0.15, 0.2) is 18.2 Å². The zero-order chi connectivity index (χ0) is 11.1. The normalized spacial score (nSPS) is 24.7. The van der Waals surface area contributed by atoms with E-state index in [0.717, 1.165) is 11.1 Å². The number of aromatic carboxylic acids is 1. The van der Waals surface area contributed by atoms with Crippen molar-refractivity contribution in [1.29, 1.82) is 0 Å². The number of carboxylic acids is 1. The summed E-state index contributed by atoms with van der Waals surface area (Å²) in [6.45, 7) is 1.60. The van der Waals surface area contributed by atoms with E-state index in [4.69, 9.17) is 5.11 Å². The Balaban J connectivity index is 2.36. The van der Waals surface area contributed by atoms with Crippen LogP contribution in [0.2, 0.25) is 0 Å². The molecule has 3 heteroatoms. The third-order valence-corrected chi connectivity index (χ3v) is 2.93. The Kier molecular flexibility index (Phi) is 2.25. The second kappa shape index (κ2) is 3.33. The van der Waals surface area contributed by atoms with Crippen LogP contribution < -0.4 is 0 Å². The summed E-state index contributed by atoms with van der Waals surface area (Å²) >= 11 is 0. The van der Waals surface area contributed by atoms with Crippen LogP contribution in [0.4, 0.5) is 4.39 Å². The predicted octanol–water partition coefficient (Wildman–Crippen LogP) is 2.60. The number of halogens is 1. The van der Waals surface area contributed by atoms with Crippen LogP contribution in [0.3, 0.4) is 0 Å². The molecule has 1 aliphatic carbocycles. The number of aryl methyl sites for hydroxylation is 1. The van der Waals surface area contributed by atoms with Crippen molar-refractivity contribution in [3.63, 3.8) is 0 Å². The minimum atomic E-state index is -1.14. The van der Waals surface area contributed by atoms with Crippen molar-refractivity contribution in [2.45, 2.75) is 31.9 Å². The molecule has 2 nitrogen and oxygen atoms in total. The van der Waals surface area contributed by atoms with Gasteiger partial charge in [-0.15, -0.1) is 0 Å². The maximum absolute atomic E-state index is 13.7. The Morgan fingerprint density at radius 3 is 2.87 bits per heavy atom. The predicted molar refractivity (Wildman–Crippen MR) is 54.9 cm³/mol. The molecule has 0 saturated carbocycles. The lowest BCUT2D eigenvalue weighted by molar-refractivity contribution is 0.0696. The Labute approximate surface area is 87.7 Å². The molecule has 0 amide bonds. The smallest absolute Gasteiger partial charge is 0.335 e. The maximum atomic E-state index is 13.7. The standard InChI is InChI=1S/C12H13FO2/c1-12(13)5-4-8-6-9(11(14)15)2-3-10(8)7-12/h2-3,6H,4-5,7H2,1H3,(H,14,15). The highest BCUT2D eigenvalue weighted by Gasteiger charge is 2.29. The van der Waals surface area contributed by atoms with Gasteiger partial charge in [-0.25, -0.2) is 9.18 Å². The first-order valence-corrected chi connectivity index (χ1v) is 5.02. The number of rotatable bonds is 1. The SMILES string of the molecule is CC1(F)CCc2cc(C(=O)O)ccc2C1. The van der Waals surface area contributed by atoms with Gasteiger partial charge in [0.05, 0.1) is 5.56 Å². The van der Waals surface area contributed by atoms with Crippen molar-refractivity contribution in [1.82, 2.24) is 0 Å². The van der Waals surface area contributed by atoms with Gasteiger partial charge in [0.2, 0.25) is 0 Å². The molecule has 0 aliphatic heterocycles. The zero-order valence-corrected chi connectivity index (χ0v) is 8.59. The van der Waals surface area contributed by atoms with E-state index in [2.05, 4.69) is 0 Å². The van der Waals surface area contributed by atoms with Crippen molar-refractivity contribution in [3.05, 3.63) is 34.9 Å². The lowest BCUT2D eigenvalue weighted by Crippen LogP contribution is -2.27. The molecule has 1 aliphatic rings. The largest absolute Gasteiger partial charge is 0.478 e. The summed E-state index contributed by atoms with van der Waals surface area (Å²) in [5.41, 5.74) is 1.06. The van der Waals surface area contributed by atoms with E-state index in [1.54, 1.807) is 25.1 Å². The second-order valence-corrected chi connectivity index (χ2v) is 4.38. The average molecular weight is 208 g/mol. The van der Waals surface area contributed by atoms with Crippen LogP contribution in [-0.4, -0.2) is 16.7 Å². The van der Waals surface area contributed by atoms with Crippen LogP contribution >= 0.6 is 0 Å². The van der Waals surface area contributed by atoms with Gasteiger partial charge in [-0.05, 0) is 43.0 Å². The fourth-order valence-corrected chi connectivity index (χ4v) is 2.04. The summed E-state index contributed by atoms with van der Waals surface area (Å²) in [4.78, 5) is 10.7. The Morgan fingerprint density at radius 1 is 1.47 bits per heavy atom. The topological polar surface area (TPSA) is 37.3 Å². The highest BCUT2D eigenvalue weighted by atomic mass is 19.1. The summed E-state index contributed by atoms with van der Waals surface area (Å²) in [5.74, 6) is -0.925. The lowest BCUT2D eigenvalue weighted by atomic mass is 9.82. The third-order valence-electron chi connectivity index (χ3n) is 2.93. The van der Waals surface area contributed by atoms with Gasteiger partial charge in [0.1, 0.15) is 5.67 Å². The van der Waals surface area contributed by atoms with E-state index in [9.17, 15) is 9.18 Å². The first kappa shape index (κ1) is 10.1. The number of hydrogen-bond donors (Lipinski definition) is 1. The number of alkyl halides is 1. The molecule has 0 radical (unpaired) electrons. The number of carbonyl (C=O) groups is 1. The van der Waals surface area contributed by atoms with Crippen molar-refractivity contribution in [3.8, 4) is 0 Å². The maximum Gasteiger partial charge on any atom is 0.335 e. The van der Waals surface area contributed by atoms with E-state index in [-0.39, 0.29) is 5.56 Å². The first-order valence-electron chi connectivity index (χ1n) is 5.02. The summed E-state index contributed by atoms with van der Waals surface area (Å²) in [5, 5.41) is 8.81. The Bertz CT molecular complexity index is 410. The molecular weight excluding hydrogens is 195 g/mol. The fourth-order valence-electron chi connectivity index (χ4n) is 2.04. The Morgan fingerprint density at radius 2 is 2.20 bits per heavy atom. The van der Waals surface area contributed by atoms with Gasteiger partial charge >= 0.3 is 5.97 Å². The molecular formula is C12H13FO2. The van der Waals surface area contributed by atoms with E-state index in [0.29, 0.717) is 19.3 Å². The number of carboxylic acid groups (broad SMARTS) is 1. The molecule has 80 valence electrons. The fraction of sp³-hybridized carbons (Fsp3) is 0.417. The number of benzene rings is 1. The molecule has 2 rings (SSSR count). The van der Waals surface area contributed by atoms with Gasteiger partial charge in [-0.3, -0.25) is 0 Å². The molecule has 1 unspecified atom stereocenters. The van der Waals surface area contributed by atoms with Gasteiger partial charge in [-0.1, -0.05) is 6.07 Å². The molecule has 0 heterocycles. The van der Waals surface area contributed by atoms with E-state index in [1.165, 1.54) is 0 Å². The van der Waals surface area contributed by atoms with E-state index < -0.39 is 11.6 Å². The van der Waals surface area contributed by atoms with Crippen molar-refractivity contribution in [2.24, 2.45) is 0 Å². The molecule has 0 saturated heterocycles. The third kappa shape index (κ3) is 2.01. The molecule has 0 spiro atoms. The average Bonchev–Trinajstić information content (AvgIpc) is 2.15. The van der Waals surface area contributed by atoms with Gasteiger partial charge in [0, 0.05) is 6.42 Å². The summed E-state index contributed by atoms with van der Waals surface area (Å²) in [6.07, 6.45) is 1.49. The van der Waals surface area contributed by atoms with Crippen LogP contribution in [0.25, 0.3) is 0 Å². The number of fused-ring (bicyclic) bond motifs is 1. The summed E-state index contributed by atoms with van der Waals surface area (Å²) < 4.78 is 13.7. The monoisotopic (exact) mass is 208 g/mol. The highest BCUT2D eigenvalue weighted by molar-refractivity contribution is 5.87. The van der Waals surface area contributed by atoms with Gasteiger partial charge in [-0.2, -0.15) is 0 Å². The van der Waals surface area contributed by atoms with Crippen LogP contribution in [0, 0.1) is 0 Å². The first-order chi connectivity index (χ1) is 6.98. The van der Waals surface area contributed by atoms with E-state index in [1.807, 2.05) is 0 Å². The molecule has 0 bridgehead atoms. The molecule has 1 aromatic carbocycles. The Hall–Kier alpha value is -1.38. The number of hydrogen-bond acceptors (Lipinski definition) is 1. The molecule has 0 aromatic heterocycles. The van der Waals surface area contributed by atoms with Gasteiger partial charge in [0.25, 0.3) is 0 Å². The van der Waals surface area contributed by atoms with Crippen LogP contribution in [0.1, 0.15) is 34.8 Å². The molecule has 1 atom stereocenters. The highest BCUT2D eigenvalue weighted by Crippen LogP contribution is 2.31.